The molecule has 0 aromatic carbocycles. The molecule has 1 aliphatic heterocycles. The zero-order valence-corrected chi connectivity index (χ0v) is 12.9. The minimum atomic E-state index is -3.53. The Morgan fingerprint density at radius 2 is 2.14 bits per heavy atom. The molecular weight excluding hydrogens is 306 g/mol. The third kappa shape index (κ3) is 3.22. The van der Waals surface area contributed by atoms with Gasteiger partial charge in [0.1, 0.15) is 16.8 Å². The smallest absolute Gasteiger partial charge is 0.326 e. The summed E-state index contributed by atoms with van der Waals surface area (Å²) in [6.45, 7) is 1.09. The van der Waals surface area contributed by atoms with Crippen LogP contribution >= 0.6 is 0 Å². The molecule has 120 valence electrons. The number of aliphatic carboxylic acids is 1. The molecule has 1 saturated carbocycles. The standard InChI is InChI=1S/C14H19N3O4S/c18-14(19)12-2-1-7-17(12)13-6-5-11(9-15-13)22(20,21)16-8-10-3-4-10/h5-6,9-10,12,16H,1-4,7-8H2,(H,18,19)/t12-/m1/s1. The molecule has 8 heteroatoms. The molecule has 2 aliphatic rings. The number of carbonyl (C=O) groups is 1. The third-order valence-electron chi connectivity index (χ3n) is 4.12. The van der Waals surface area contributed by atoms with Crippen molar-refractivity contribution in [1.29, 1.82) is 0 Å². The molecule has 2 fully saturated rings. The summed E-state index contributed by atoms with van der Waals surface area (Å²) in [6, 6.07) is 2.48. The van der Waals surface area contributed by atoms with Gasteiger partial charge in [-0.25, -0.2) is 22.9 Å². The molecule has 1 saturated heterocycles. The van der Waals surface area contributed by atoms with Crippen LogP contribution in [0.2, 0.25) is 0 Å². The van der Waals surface area contributed by atoms with Gasteiger partial charge >= 0.3 is 5.97 Å². The summed E-state index contributed by atoms with van der Waals surface area (Å²) in [7, 11) is -3.53. The number of nitrogens with zero attached hydrogens (tertiary/aromatic N) is 2. The highest BCUT2D eigenvalue weighted by molar-refractivity contribution is 7.89. The number of aromatic nitrogens is 1. The van der Waals surface area contributed by atoms with Gasteiger partial charge in [0.05, 0.1) is 0 Å². The van der Waals surface area contributed by atoms with Crippen LogP contribution in [0.1, 0.15) is 25.7 Å². The maximum atomic E-state index is 12.1. The molecule has 0 spiro atoms. The maximum absolute atomic E-state index is 12.1. The number of hydrogen-bond donors (Lipinski definition) is 2. The summed E-state index contributed by atoms with van der Waals surface area (Å²) >= 11 is 0. The van der Waals surface area contributed by atoms with Crippen LogP contribution in [0.25, 0.3) is 0 Å². The average Bonchev–Trinajstić information content (AvgIpc) is 3.19. The predicted octanol–water partition coefficient (Wildman–Crippen LogP) is 0.823. The molecule has 1 atom stereocenters. The molecule has 22 heavy (non-hydrogen) atoms. The van der Waals surface area contributed by atoms with Crippen molar-refractivity contribution in [2.75, 3.05) is 18.0 Å². The molecule has 1 aliphatic carbocycles. The van der Waals surface area contributed by atoms with E-state index in [0.29, 0.717) is 31.2 Å². The minimum Gasteiger partial charge on any atom is -0.480 e. The van der Waals surface area contributed by atoms with E-state index in [0.717, 1.165) is 19.3 Å². The number of pyridine rings is 1. The van der Waals surface area contributed by atoms with E-state index in [4.69, 9.17) is 0 Å². The molecule has 0 radical (unpaired) electrons. The second kappa shape index (κ2) is 5.85. The quantitative estimate of drug-likeness (QED) is 0.803. The van der Waals surface area contributed by atoms with Gasteiger partial charge in [0.15, 0.2) is 0 Å². The first kappa shape index (κ1) is 15.2. The van der Waals surface area contributed by atoms with Crippen molar-refractivity contribution in [2.24, 2.45) is 5.92 Å². The fourth-order valence-corrected chi connectivity index (χ4v) is 3.69. The highest BCUT2D eigenvalue weighted by Gasteiger charge is 2.31. The van der Waals surface area contributed by atoms with Gasteiger partial charge < -0.3 is 10.0 Å². The Bertz CT molecular complexity index is 655. The molecule has 0 amide bonds. The Kier molecular flexibility index (Phi) is 4.05. The van der Waals surface area contributed by atoms with E-state index in [1.165, 1.54) is 12.3 Å². The van der Waals surface area contributed by atoms with Gasteiger partial charge in [-0.3, -0.25) is 0 Å². The third-order valence-corrected chi connectivity index (χ3v) is 5.53. The Morgan fingerprint density at radius 3 is 2.73 bits per heavy atom. The van der Waals surface area contributed by atoms with E-state index in [1.54, 1.807) is 11.0 Å². The zero-order valence-electron chi connectivity index (χ0n) is 12.1. The highest BCUT2D eigenvalue weighted by atomic mass is 32.2. The number of carboxylic acids is 1. The van der Waals surface area contributed by atoms with E-state index < -0.39 is 22.0 Å². The van der Waals surface area contributed by atoms with Crippen LogP contribution in [-0.2, 0) is 14.8 Å². The number of anilines is 1. The fourth-order valence-electron chi connectivity index (χ4n) is 2.63. The van der Waals surface area contributed by atoms with Crippen molar-refractivity contribution in [1.82, 2.24) is 9.71 Å². The van der Waals surface area contributed by atoms with E-state index >= 15 is 0 Å². The number of carboxylic acid groups (broad SMARTS) is 1. The lowest BCUT2D eigenvalue weighted by Gasteiger charge is -2.22. The molecule has 3 rings (SSSR count). The molecule has 2 N–H and O–H groups in total. The van der Waals surface area contributed by atoms with Crippen molar-refractivity contribution in [2.45, 2.75) is 36.6 Å². The Balaban J connectivity index is 1.73. The van der Waals surface area contributed by atoms with Crippen molar-refractivity contribution in [3.63, 3.8) is 0 Å². The van der Waals surface area contributed by atoms with Gasteiger partial charge in [-0.05, 0) is 43.7 Å². The van der Waals surface area contributed by atoms with E-state index in [-0.39, 0.29) is 4.90 Å². The van der Waals surface area contributed by atoms with Gasteiger partial charge in [0.2, 0.25) is 10.0 Å². The second-order valence-electron chi connectivity index (χ2n) is 5.84. The minimum absolute atomic E-state index is 0.114. The normalized spacial score (nSPS) is 22.0. The molecule has 0 unspecified atom stereocenters. The van der Waals surface area contributed by atoms with Crippen LogP contribution in [0.4, 0.5) is 5.82 Å². The van der Waals surface area contributed by atoms with Crippen LogP contribution in [0.3, 0.4) is 0 Å². The first-order chi connectivity index (χ1) is 10.5. The number of hydrogen-bond acceptors (Lipinski definition) is 5. The Hall–Kier alpha value is -1.67. The van der Waals surface area contributed by atoms with Crippen LogP contribution in [-0.4, -0.2) is 43.6 Å². The van der Waals surface area contributed by atoms with Crippen molar-refractivity contribution in [3.8, 4) is 0 Å². The van der Waals surface area contributed by atoms with Gasteiger partial charge in [-0.15, -0.1) is 0 Å². The van der Waals surface area contributed by atoms with Crippen LogP contribution in [0, 0.1) is 5.92 Å². The number of rotatable bonds is 6. The highest BCUT2D eigenvalue weighted by Crippen LogP contribution is 2.28. The first-order valence-electron chi connectivity index (χ1n) is 7.42. The van der Waals surface area contributed by atoms with Crippen LogP contribution < -0.4 is 9.62 Å². The second-order valence-corrected chi connectivity index (χ2v) is 7.60. The van der Waals surface area contributed by atoms with Crippen molar-refractivity contribution in [3.05, 3.63) is 18.3 Å². The SMILES string of the molecule is O=C(O)[C@H]1CCCN1c1ccc(S(=O)(=O)NCC2CC2)cn1. The molecule has 7 nitrogen and oxygen atoms in total. The number of sulfonamides is 1. The predicted molar refractivity (Wildman–Crippen MR) is 80.2 cm³/mol. The Morgan fingerprint density at radius 1 is 1.36 bits per heavy atom. The van der Waals surface area contributed by atoms with Crippen LogP contribution in [0.15, 0.2) is 23.2 Å². The molecule has 1 aromatic rings. The summed E-state index contributed by atoms with van der Waals surface area (Å²) < 4.78 is 26.8. The largest absolute Gasteiger partial charge is 0.480 e. The first-order valence-corrected chi connectivity index (χ1v) is 8.91. The lowest BCUT2D eigenvalue weighted by atomic mass is 10.2. The van der Waals surface area contributed by atoms with Crippen molar-refractivity contribution >= 4 is 21.8 Å². The van der Waals surface area contributed by atoms with Crippen molar-refractivity contribution < 1.29 is 18.3 Å². The summed E-state index contributed by atoms with van der Waals surface area (Å²) in [5.41, 5.74) is 0. The molecular formula is C14H19N3O4S. The summed E-state index contributed by atoms with van der Waals surface area (Å²) in [6.07, 6.45) is 4.82. The van der Waals surface area contributed by atoms with Gasteiger partial charge in [-0.1, -0.05) is 0 Å². The monoisotopic (exact) mass is 325 g/mol. The van der Waals surface area contributed by atoms with Gasteiger partial charge in [0, 0.05) is 19.3 Å². The van der Waals surface area contributed by atoms with E-state index in [2.05, 4.69) is 9.71 Å². The zero-order chi connectivity index (χ0) is 15.7. The summed E-state index contributed by atoms with van der Waals surface area (Å²) in [4.78, 5) is 17.2. The van der Waals surface area contributed by atoms with Gasteiger partial charge in [-0.2, -0.15) is 0 Å². The van der Waals surface area contributed by atoms with E-state index in [9.17, 15) is 18.3 Å². The number of nitrogens with one attached hydrogen (secondary N) is 1. The van der Waals surface area contributed by atoms with E-state index in [1.807, 2.05) is 0 Å². The molecule has 1 aromatic heterocycles. The average molecular weight is 325 g/mol. The molecule has 0 bridgehead atoms. The molecule has 2 heterocycles. The maximum Gasteiger partial charge on any atom is 0.326 e. The van der Waals surface area contributed by atoms with Crippen LogP contribution in [0.5, 0.6) is 0 Å². The Labute approximate surface area is 129 Å². The summed E-state index contributed by atoms with van der Waals surface area (Å²) in [5, 5.41) is 9.18. The topological polar surface area (TPSA) is 99.6 Å². The lowest BCUT2D eigenvalue weighted by Crippen LogP contribution is -2.36. The van der Waals surface area contributed by atoms with Gasteiger partial charge in [0.25, 0.3) is 0 Å². The summed E-state index contributed by atoms with van der Waals surface area (Å²) in [5.74, 6) is 0.0936. The fraction of sp³-hybridized carbons (Fsp3) is 0.571. The lowest BCUT2D eigenvalue weighted by molar-refractivity contribution is -0.138.